The Balaban J connectivity index is 2.30. The van der Waals surface area contributed by atoms with E-state index >= 15 is 0 Å². The third-order valence-corrected chi connectivity index (χ3v) is 4.26. The van der Waals surface area contributed by atoms with Gasteiger partial charge < -0.3 is 0 Å². The van der Waals surface area contributed by atoms with Crippen LogP contribution in [-0.2, 0) is 12.8 Å². The van der Waals surface area contributed by atoms with E-state index in [0.717, 1.165) is 18.4 Å². The molecule has 0 aliphatic carbocycles. The maximum absolute atomic E-state index is 4.97. The molecule has 0 spiro atoms. The lowest BCUT2D eigenvalue weighted by molar-refractivity contribution is 0.770. The second-order valence-corrected chi connectivity index (χ2v) is 5.75. The van der Waals surface area contributed by atoms with Gasteiger partial charge in [0.25, 0.3) is 0 Å². The van der Waals surface area contributed by atoms with E-state index in [9.17, 15) is 0 Å². The van der Waals surface area contributed by atoms with Crippen molar-refractivity contribution >= 4 is 10.9 Å². The number of unbranched alkanes of at least 4 members (excludes halogenated alkanes) is 1. The van der Waals surface area contributed by atoms with Crippen molar-refractivity contribution in [3.8, 4) is 11.1 Å². The van der Waals surface area contributed by atoms with Crippen molar-refractivity contribution in [1.82, 2.24) is 4.98 Å². The smallest absolute Gasteiger partial charge is 0.0711 e. The van der Waals surface area contributed by atoms with Crippen molar-refractivity contribution in [1.29, 1.82) is 0 Å². The summed E-state index contributed by atoms with van der Waals surface area (Å²) in [6.45, 7) is 4.48. The summed E-state index contributed by atoms with van der Waals surface area (Å²) in [5, 5.41) is 1.27. The van der Waals surface area contributed by atoms with Gasteiger partial charge >= 0.3 is 0 Å². The molecule has 0 N–H and O–H groups in total. The predicted octanol–water partition coefficient (Wildman–Crippen LogP) is 5.81. The summed E-state index contributed by atoms with van der Waals surface area (Å²) in [5.74, 6) is 0. The standard InChI is InChI=1S/C21H23N/c1-3-5-14-19-17(4-2)21(16-11-7-6-8-12-16)18-13-9-10-15-20(18)22-19/h6-13,15H,3-5,14H2,1-2H3. The summed E-state index contributed by atoms with van der Waals surface area (Å²) in [5.41, 5.74) is 6.49. The summed E-state index contributed by atoms with van der Waals surface area (Å²) in [6.07, 6.45) is 4.51. The maximum atomic E-state index is 4.97. The van der Waals surface area contributed by atoms with Crippen LogP contribution in [0.1, 0.15) is 37.9 Å². The van der Waals surface area contributed by atoms with E-state index in [4.69, 9.17) is 4.98 Å². The molecule has 3 aromatic rings. The van der Waals surface area contributed by atoms with Crippen LogP contribution in [0.15, 0.2) is 54.6 Å². The van der Waals surface area contributed by atoms with Crippen LogP contribution in [0.2, 0.25) is 0 Å². The first-order valence-electron chi connectivity index (χ1n) is 8.31. The van der Waals surface area contributed by atoms with Crippen molar-refractivity contribution in [2.24, 2.45) is 0 Å². The molecule has 0 atom stereocenters. The number of rotatable bonds is 5. The molecule has 0 unspecified atom stereocenters. The molecule has 112 valence electrons. The van der Waals surface area contributed by atoms with Crippen molar-refractivity contribution in [3.63, 3.8) is 0 Å². The van der Waals surface area contributed by atoms with Gasteiger partial charge in [0.05, 0.1) is 5.52 Å². The molecule has 22 heavy (non-hydrogen) atoms. The summed E-state index contributed by atoms with van der Waals surface area (Å²) < 4.78 is 0. The van der Waals surface area contributed by atoms with Crippen LogP contribution in [0, 0.1) is 0 Å². The highest BCUT2D eigenvalue weighted by Crippen LogP contribution is 2.33. The van der Waals surface area contributed by atoms with Gasteiger partial charge in [0.1, 0.15) is 0 Å². The quantitative estimate of drug-likeness (QED) is 0.578. The molecule has 1 heterocycles. The molecule has 0 saturated heterocycles. The first-order chi connectivity index (χ1) is 10.8. The predicted molar refractivity (Wildman–Crippen MR) is 95.2 cm³/mol. The Labute approximate surface area is 133 Å². The topological polar surface area (TPSA) is 12.9 Å². The van der Waals surface area contributed by atoms with Gasteiger partial charge in [0.2, 0.25) is 0 Å². The third kappa shape index (κ3) is 2.76. The Hall–Kier alpha value is -2.15. The minimum Gasteiger partial charge on any atom is -0.253 e. The molecule has 0 radical (unpaired) electrons. The zero-order valence-corrected chi connectivity index (χ0v) is 13.5. The molecule has 0 aliphatic heterocycles. The minimum absolute atomic E-state index is 1.03. The first kappa shape index (κ1) is 14.8. The SMILES string of the molecule is CCCCc1nc2ccccc2c(-c2ccccc2)c1CC. The highest BCUT2D eigenvalue weighted by atomic mass is 14.7. The van der Waals surface area contributed by atoms with Crippen LogP contribution in [0.3, 0.4) is 0 Å². The van der Waals surface area contributed by atoms with Gasteiger partial charge in [-0.25, -0.2) is 0 Å². The lowest BCUT2D eigenvalue weighted by Crippen LogP contribution is -2.02. The van der Waals surface area contributed by atoms with Crippen LogP contribution in [-0.4, -0.2) is 4.98 Å². The number of aryl methyl sites for hydroxylation is 1. The highest BCUT2D eigenvalue weighted by molar-refractivity contribution is 5.96. The Kier molecular flexibility index (Phi) is 4.53. The van der Waals surface area contributed by atoms with E-state index in [-0.39, 0.29) is 0 Å². The fourth-order valence-corrected chi connectivity index (χ4v) is 3.17. The second kappa shape index (κ2) is 6.74. The number of pyridine rings is 1. The first-order valence-corrected chi connectivity index (χ1v) is 8.31. The summed E-state index contributed by atoms with van der Waals surface area (Å²) in [7, 11) is 0. The monoisotopic (exact) mass is 289 g/mol. The Morgan fingerprint density at radius 3 is 2.32 bits per heavy atom. The molecule has 0 amide bonds. The van der Waals surface area contributed by atoms with Crippen molar-refractivity contribution < 1.29 is 0 Å². The van der Waals surface area contributed by atoms with Gasteiger partial charge in [-0.3, -0.25) is 4.98 Å². The van der Waals surface area contributed by atoms with Crippen LogP contribution < -0.4 is 0 Å². The van der Waals surface area contributed by atoms with E-state index in [1.807, 2.05) is 0 Å². The van der Waals surface area contributed by atoms with Crippen molar-refractivity contribution in [2.45, 2.75) is 39.5 Å². The number of benzene rings is 2. The van der Waals surface area contributed by atoms with Gasteiger partial charge in [-0.2, -0.15) is 0 Å². The van der Waals surface area contributed by atoms with Crippen molar-refractivity contribution in [2.75, 3.05) is 0 Å². The van der Waals surface area contributed by atoms with Gasteiger partial charge in [0, 0.05) is 11.1 Å². The Morgan fingerprint density at radius 2 is 1.59 bits per heavy atom. The average Bonchev–Trinajstić information content (AvgIpc) is 2.59. The fourth-order valence-electron chi connectivity index (χ4n) is 3.17. The van der Waals surface area contributed by atoms with Crippen molar-refractivity contribution in [3.05, 3.63) is 65.9 Å². The number of nitrogens with zero attached hydrogens (tertiary/aromatic N) is 1. The summed E-state index contributed by atoms with van der Waals surface area (Å²) in [4.78, 5) is 4.97. The van der Waals surface area contributed by atoms with Gasteiger partial charge in [-0.1, -0.05) is 68.8 Å². The average molecular weight is 289 g/mol. The molecule has 1 aromatic heterocycles. The largest absolute Gasteiger partial charge is 0.253 e. The lowest BCUT2D eigenvalue weighted by atomic mass is 9.91. The minimum atomic E-state index is 1.03. The Morgan fingerprint density at radius 1 is 0.864 bits per heavy atom. The van der Waals surface area contributed by atoms with E-state index in [1.54, 1.807) is 0 Å². The molecular weight excluding hydrogens is 266 g/mol. The molecule has 2 aromatic carbocycles. The second-order valence-electron chi connectivity index (χ2n) is 5.75. The number of hydrogen-bond donors (Lipinski definition) is 0. The summed E-state index contributed by atoms with van der Waals surface area (Å²) in [6, 6.07) is 19.3. The normalized spacial score (nSPS) is 11.0. The molecule has 0 aliphatic rings. The zero-order valence-electron chi connectivity index (χ0n) is 13.5. The zero-order chi connectivity index (χ0) is 15.4. The number of para-hydroxylation sites is 1. The van der Waals surface area contributed by atoms with Gasteiger partial charge in [0.15, 0.2) is 0 Å². The molecular formula is C21H23N. The number of aromatic nitrogens is 1. The molecule has 3 rings (SSSR count). The van der Waals surface area contributed by atoms with Crippen LogP contribution >= 0.6 is 0 Å². The van der Waals surface area contributed by atoms with Crippen LogP contribution in [0.4, 0.5) is 0 Å². The van der Waals surface area contributed by atoms with Gasteiger partial charge in [-0.15, -0.1) is 0 Å². The fraction of sp³-hybridized carbons (Fsp3) is 0.286. The summed E-state index contributed by atoms with van der Waals surface area (Å²) >= 11 is 0. The molecule has 0 saturated carbocycles. The molecule has 0 bridgehead atoms. The lowest BCUT2D eigenvalue weighted by Gasteiger charge is -2.16. The molecule has 0 fully saturated rings. The van der Waals surface area contributed by atoms with E-state index in [2.05, 4.69) is 68.4 Å². The van der Waals surface area contributed by atoms with E-state index in [1.165, 1.54) is 40.6 Å². The Bertz CT molecular complexity index is 759. The van der Waals surface area contributed by atoms with E-state index < -0.39 is 0 Å². The molecule has 1 heteroatoms. The third-order valence-electron chi connectivity index (χ3n) is 4.26. The number of hydrogen-bond acceptors (Lipinski definition) is 1. The van der Waals surface area contributed by atoms with Crippen LogP contribution in [0.25, 0.3) is 22.0 Å². The molecule has 1 nitrogen and oxygen atoms in total. The van der Waals surface area contributed by atoms with Gasteiger partial charge in [-0.05, 0) is 42.0 Å². The highest BCUT2D eigenvalue weighted by Gasteiger charge is 2.14. The number of fused-ring (bicyclic) bond motifs is 1. The maximum Gasteiger partial charge on any atom is 0.0711 e. The van der Waals surface area contributed by atoms with E-state index in [0.29, 0.717) is 0 Å². The van der Waals surface area contributed by atoms with Crippen LogP contribution in [0.5, 0.6) is 0 Å².